The van der Waals surface area contributed by atoms with Gasteiger partial charge in [0.15, 0.2) is 11.6 Å². The summed E-state index contributed by atoms with van der Waals surface area (Å²) in [5.41, 5.74) is 4.72. The molecule has 0 aliphatic carbocycles. The summed E-state index contributed by atoms with van der Waals surface area (Å²) in [5.74, 6) is 2.54. The van der Waals surface area contributed by atoms with Gasteiger partial charge in [0.05, 0.1) is 110 Å². The molecule has 16 rings (SSSR count). The molecule has 0 saturated carbocycles. The predicted molar refractivity (Wildman–Crippen MR) is 384 cm³/mol. The Hall–Kier alpha value is -2.49. The standard InChI is InChI=1S/C42H66O8.C42H64O8/c2*1-9-11-33-28(8)38-40-41(47-33)39-37(48-40)22-42(49-38,50-39)16-14-30-20-25(5)32(44-30)13-12-29-19-24(4)26(6)35(45-29)21-36-31(15-17-43)27(7)34(46-36)18-23(3)10-2/h9,23-24,27-41,43H,1,5-6,10-22H2,2-4,7-8H3;9,17,23-24,27-41H,1,5-6,10-16,18-22H2,2-4,7-8H3/t2*23-,24-,27-,28?,29?,30+,31-,32+,33+,34-,35-,36+,37-,38+,39+,40+,41+,42-/m11/s1. The summed E-state index contributed by atoms with van der Waals surface area (Å²) in [5, 5.41) is 9.90. The highest BCUT2D eigenvalue weighted by atomic mass is 16.8. The number of rotatable bonds is 30. The van der Waals surface area contributed by atoms with E-state index in [1.165, 1.54) is 16.7 Å². The van der Waals surface area contributed by atoms with Gasteiger partial charge in [-0.25, -0.2) is 0 Å². The molecule has 100 heavy (non-hydrogen) atoms. The zero-order valence-corrected chi connectivity index (χ0v) is 62.9. The molecule has 12 bridgehead atoms. The van der Waals surface area contributed by atoms with Crippen LogP contribution in [0.25, 0.3) is 0 Å². The fourth-order valence-electron chi connectivity index (χ4n) is 21.1. The minimum Gasteiger partial charge on any atom is -0.396 e. The zero-order valence-electron chi connectivity index (χ0n) is 62.9. The van der Waals surface area contributed by atoms with Crippen LogP contribution in [0.1, 0.15) is 223 Å². The predicted octanol–water partition coefficient (Wildman–Crippen LogP) is 15.1. The quantitative estimate of drug-likeness (QED) is 0.0532. The lowest BCUT2D eigenvalue weighted by molar-refractivity contribution is -0.263. The smallest absolute Gasteiger partial charge is 0.172 e. The summed E-state index contributed by atoms with van der Waals surface area (Å²) >= 11 is 0. The first kappa shape index (κ1) is 75.7. The zero-order chi connectivity index (χ0) is 70.6. The number of aldehydes is 1. The Morgan fingerprint density at radius 1 is 0.450 bits per heavy atom. The molecule has 1 N–H and O–H groups in total. The number of carbonyl (C=O) groups excluding carboxylic acids is 1. The van der Waals surface area contributed by atoms with Gasteiger partial charge in [0.2, 0.25) is 0 Å². The lowest BCUT2D eigenvalue weighted by Gasteiger charge is -2.42. The molecule has 4 unspecified atom stereocenters. The van der Waals surface area contributed by atoms with Gasteiger partial charge in [0, 0.05) is 63.4 Å². The van der Waals surface area contributed by atoms with Crippen LogP contribution in [0.5, 0.6) is 0 Å². The second-order valence-corrected chi connectivity index (χ2v) is 34.6. The lowest BCUT2D eigenvalue weighted by atomic mass is 9.79. The highest BCUT2D eigenvalue weighted by molar-refractivity contribution is 5.50. The van der Waals surface area contributed by atoms with Crippen molar-refractivity contribution in [2.24, 2.45) is 59.2 Å². The maximum atomic E-state index is 11.7. The molecule has 16 aliphatic heterocycles. The minimum atomic E-state index is -0.643. The second-order valence-electron chi connectivity index (χ2n) is 34.6. The summed E-state index contributed by atoms with van der Waals surface area (Å²) in [6.45, 7) is 48.6. The van der Waals surface area contributed by atoms with Crippen LogP contribution in [0.3, 0.4) is 0 Å². The number of hydrogen-bond donors (Lipinski definition) is 1. The Kier molecular flexibility index (Phi) is 24.3. The van der Waals surface area contributed by atoms with Gasteiger partial charge in [0.1, 0.15) is 42.9 Å². The van der Waals surface area contributed by atoms with Gasteiger partial charge in [-0.2, -0.15) is 0 Å². The van der Waals surface area contributed by atoms with Crippen LogP contribution in [-0.2, 0) is 71.1 Å². The lowest BCUT2D eigenvalue weighted by Crippen LogP contribution is -2.54. The van der Waals surface area contributed by atoms with Crippen molar-refractivity contribution in [1.82, 2.24) is 0 Å². The van der Waals surface area contributed by atoms with Gasteiger partial charge in [0.25, 0.3) is 0 Å². The van der Waals surface area contributed by atoms with E-state index < -0.39 is 11.6 Å². The SMILES string of the molecule is C=CC[C@@H]1O[C@H]2[C@H]3O[C@]4(CC[C@H]5CC(=C)[C@H](CCC6C[C@@H](C)C(=C)[C@@H](C[C@@H]7O[C@H](C[C@H](C)CC)[C@H](C)[C@H]7CC=O)O6)O5)C[C@H]3O[C@H]2[C@@H](O4)C1C.C=CC[C@@H]1O[C@H]2[C@H]3O[C@]4(CC[C@H]5CC(=C)[C@H](CCC6C[C@@H](C)C(=C)[C@@H](C[C@@H]7O[C@H](C[C@H](C)CC)[C@H](C)[C@H]7CCO)O6)O5)C[C@H]3O[C@H]2[C@@H](O4)C1C. The fourth-order valence-corrected chi connectivity index (χ4v) is 21.1. The second kappa shape index (κ2) is 32.1. The summed E-state index contributed by atoms with van der Waals surface area (Å²) in [6.07, 6.45) is 27.0. The summed E-state index contributed by atoms with van der Waals surface area (Å²) in [7, 11) is 0. The molecule has 562 valence electrons. The van der Waals surface area contributed by atoms with Gasteiger partial charge in [-0.05, 0) is 166 Å². The molecule has 0 spiro atoms. The molecule has 36 atom stereocenters. The minimum absolute atomic E-state index is 0.0197. The monoisotopic (exact) mass is 1390 g/mol. The third kappa shape index (κ3) is 15.6. The molecule has 16 saturated heterocycles. The van der Waals surface area contributed by atoms with E-state index in [0.717, 1.165) is 160 Å². The topological polar surface area (TPSA) is 167 Å². The number of carbonyl (C=O) groups is 1. The van der Waals surface area contributed by atoms with E-state index in [1.54, 1.807) is 0 Å². The van der Waals surface area contributed by atoms with Crippen LogP contribution >= 0.6 is 0 Å². The molecule has 0 aromatic carbocycles. The van der Waals surface area contributed by atoms with Crippen molar-refractivity contribution in [3.05, 3.63) is 73.9 Å². The highest BCUT2D eigenvalue weighted by Crippen LogP contribution is 2.57. The Morgan fingerprint density at radius 2 is 0.860 bits per heavy atom. The normalized spacial score (nSPS) is 48.7. The van der Waals surface area contributed by atoms with Crippen molar-refractivity contribution in [2.45, 2.75) is 381 Å². The molecule has 0 amide bonds. The third-order valence-corrected chi connectivity index (χ3v) is 27.8. The van der Waals surface area contributed by atoms with E-state index in [2.05, 4.69) is 109 Å². The third-order valence-electron chi connectivity index (χ3n) is 27.8. The molecular formula is C84H130O16. The molecule has 16 heteroatoms. The van der Waals surface area contributed by atoms with Gasteiger partial charge in [-0.15, -0.1) is 13.2 Å². The first-order chi connectivity index (χ1) is 48.0. The van der Waals surface area contributed by atoms with Crippen molar-refractivity contribution in [3.63, 3.8) is 0 Å². The molecule has 0 aromatic rings. The fraction of sp³-hybridized carbons (Fsp3) is 0.845. The van der Waals surface area contributed by atoms with E-state index in [4.69, 9.17) is 66.3 Å². The van der Waals surface area contributed by atoms with E-state index in [1.807, 2.05) is 12.2 Å². The van der Waals surface area contributed by atoms with Crippen molar-refractivity contribution in [3.8, 4) is 0 Å². The van der Waals surface area contributed by atoms with Crippen LogP contribution in [0.2, 0.25) is 0 Å². The Balaban J connectivity index is 0.000000179. The molecular weight excluding hydrogens is 1260 g/mol. The molecule has 16 heterocycles. The van der Waals surface area contributed by atoms with E-state index in [0.29, 0.717) is 47.8 Å². The van der Waals surface area contributed by atoms with Crippen molar-refractivity contribution >= 4 is 6.29 Å². The largest absolute Gasteiger partial charge is 0.396 e. The maximum Gasteiger partial charge on any atom is 0.172 e. The van der Waals surface area contributed by atoms with Crippen molar-refractivity contribution in [1.29, 1.82) is 0 Å². The number of ether oxygens (including phenoxy) is 14. The first-order valence-corrected chi connectivity index (χ1v) is 40.3. The van der Waals surface area contributed by atoms with Gasteiger partial charge in [-0.1, -0.05) is 121 Å². The highest BCUT2D eigenvalue weighted by Gasteiger charge is 2.69. The van der Waals surface area contributed by atoms with Gasteiger partial charge < -0.3 is 76.2 Å². The van der Waals surface area contributed by atoms with E-state index in [-0.39, 0.29) is 171 Å². The van der Waals surface area contributed by atoms with Crippen LogP contribution in [0.15, 0.2) is 73.9 Å². The summed E-state index contributed by atoms with van der Waals surface area (Å²) < 4.78 is 93.6. The first-order valence-electron chi connectivity index (χ1n) is 40.3. The Labute approximate surface area is 600 Å². The van der Waals surface area contributed by atoms with Crippen LogP contribution < -0.4 is 0 Å². The maximum absolute atomic E-state index is 11.7. The van der Waals surface area contributed by atoms with Crippen LogP contribution in [0, 0.1) is 59.2 Å². The molecule has 0 radical (unpaired) electrons. The van der Waals surface area contributed by atoms with Crippen molar-refractivity contribution in [2.75, 3.05) is 6.61 Å². The van der Waals surface area contributed by atoms with E-state index >= 15 is 0 Å². The van der Waals surface area contributed by atoms with Crippen LogP contribution in [-0.4, -0.2) is 176 Å². The number of aliphatic hydroxyl groups is 1. The van der Waals surface area contributed by atoms with Crippen LogP contribution in [0.4, 0.5) is 0 Å². The molecule has 16 fully saturated rings. The average Bonchev–Trinajstić information content (AvgIpc) is 1.56. The van der Waals surface area contributed by atoms with Gasteiger partial charge >= 0.3 is 0 Å². The van der Waals surface area contributed by atoms with E-state index in [9.17, 15) is 9.90 Å². The van der Waals surface area contributed by atoms with Gasteiger partial charge in [-0.3, -0.25) is 0 Å². The molecule has 16 aliphatic rings. The molecule has 0 aromatic heterocycles. The number of hydrogen-bond acceptors (Lipinski definition) is 16. The average molecular weight is 1400 g/mol. The number of aliphatic hydroxyl groups excluding tert-OH is 1. The summed E-state index contributed by atoms with van der Waals surface area (Å²) in [4.78, 5) is 11.7. The molecule has 16 nitrogen and oxygen atoms in total. The van der Waals surface area contributed by atoms with Crippen molar-refractivity contribution < 1.29 is 76.2 Å². The Morgan fingerprint density at radius 3 is 1.28 bits per heavy atom. The summed E-state index contributed by atoms with van der Waals surface area (Å²) in [6, 6.07) is 0. The Bertz CT molecular complexity index is 2850.